The van der Waals surface area contributed by atoms with Crippen LogP contribution in [0.25, 0.3) is 22.8 Å². The van der Waals surface area contributed by atoms with Crippen molar-refractivity contribution >= 4 is 58.6 Å². The third kappa shape index (κ3) is 12.0. The number of carboxylic acids is 2. The number of carbonyl (C=O) groups excluding carboxylic acids is 2. The molecule has 0 spiro atoms. The first-order chi connectivity index (χ1) is 27.3. The van der Waals surface area contributed by atoms with E-state index in [-0.39, 0.29) is 59.6 Å². The summed E-state index contributed by atoms with van der Waals surface area (Å²) >= 11 is 18.0. The number of aryl methyl sites for hydroxylation is 2. The molecule has 6 aromatic rings. The summed E-state index contributed by atoms with van der Waals surface area (Å²) in [4.78, 5) is 55.9. The molecular formula is C40H33Cl3FN5O8. The third-order valence-corrected chi connectivity index (χ3v) is 8.97. The second-order valence-electron chi connectivity index (χ2n) is 12.3. The van der Waals surface area contributed by atoms with E-state index >= 15 is 0 Å². The second-order valence-corrected chi connectivity index (χ2v) is 13.6. The number of aromatic nitrogens is 3. The number of halogens is 4. The Balaban J connectivity index is 0.000000218. The fraction of sp³-hybridized carbons (Fsp3) is 0.175. The molecule has 2 heterocycles. The van der Waals surface area contributed by atoms with Crippen LogP contribution >= 0.6 is 34.8 Å². The molecule has 2 amide bonds. The first-order valence-corrected chi connectivity index (χ1v) is 18.2. The number of carboxylic acid groups (broad SMARTS) is 2. The Morgan fingerprint density at radius 2 is 1.47 bits per heavy atom. The lowest BCUT2D eigenvalue weighted by Gasteiger charge is -2.18. The minimum Gasteiger partial charge on any atom is -0.481 e. The number of benzene rings is 4. The molecule has 0 unspecified atom stereocenters. The standard InChI is InChI=1S/C20H16Cl2N2O4.C20H17ClFN3O4/c1-11-18(24-20(28-11)12-5-3-2-4-6-12)19(27)23-16(10-17(25)26)14-8-7-13(21)9-15(14)22;21-13-5-3-4-12(10-13)16(11-19(27)28)23-17(26)8-9-18-24-20(25-29-18)14-6-1-2-7-15(14)22/h2-9,16H,10H2,1H3,(H,23,27)(H,25,26);1-7,10,16H,8-9,11H2,(H,23,26)(H,27,28)/t2*16-/m00/s1. The van der Waals surface area contributed by atoms with Crippen LogP contribution in [-0.2, 0) is 20.8 Å². The van der Waals surface area contributed by atoms with Crippen molar-refractivity contribution in [1.82, 2.24) is 25.8 Å². The molecule has 13 nitrogen and oxygen atoms in total. The van der Waals surface area contributed by atoms with Crippen molar-refractivity contribution in [1.29, 1.82) is 0 Å². The highest BCUT2D eigenvalue weighted by Gasteiger charge is 2.25. The fourth-order valence-electron chi connectivity index (χ4n) is 5.48. The predicted octanol–water partition coefficient (Wildman–Crippen LogP) is 8.70. The number of hydrogen-bond donors (Lipinski definition) is 4. The van der Waals surface area contributed by atoms with E-state index in [9.17, 15) is 28.7 Å². The molecule has 57 heavy (non-hydrogen) atoms. The SMILES string of the molecule is Cc1oc(-c2ccccc2)nc1C(=O)N[C@@H](CC(=O)O)c1ccc(Cl)cc1Cl.O=C(O)C[C@H](NC(=O)CCc1nc(-c2ccccc2F)no1)c1cccc(Cl)c1. The van der Waals surface area contributed by atoms with Crippen LogP contribution in [0.2, 0.25) is 15.1 Å². The number of aliphatic carboxylic acids is 2. The number of carbonyl (C=O) groups is 4. The molecule has 0 saturated carbocycles. The van der Waals surface area contributed by atoms with E-state index in [1.54, 1.807) is 55.5 Å². The Morgan fingerprint density at radius 3 is 2.16 bits per heavy atom. The van der Waals surface area contributed by atoms with E-state index in [4.69, 9.17) is 48.8 Å². The fourth-order valence-corrected chi connectivity index (χ4v) is 6.22. The normalized spacial score (nSPS) is 11.8. The molecule has 6 rings (SSSR count). The summed E-state index contributed by atoms with van der Waals surface area (Å²) < 4.78 is 24.5. The lowest BCUT2D eigenvalue weighted by Crippen LogP contribution is -2.31. The van der Waals surface area contributed by atoms with Crippen LogP contribution in [0.4, 0.5) is 4.39 Å². The highest BCUT2D eigenvalue weighted by Crippen LogP contribution is 2.29. The van der Waals surface area contributed by atoms with E-state index < -0.39 is 35.7 Å². The molecule has 4 N–H and O–H groups in total. The average Bonchev–Trinajstić information content (AvgIpc) is 3.81. The maximum Gasteiger partial charge on any atom is 0.305 e. The first-order valence-electron chi connectivity index (χ1n) is 17.1. The van der Waals surface area contributed by atoms with Gasteiger partial charge in [-0.1, -0.05) is 88.5 Å². The van der Waals surface area contributed by atoms with E-state index in [2.05, 4.69) is 25.8 Å². The zero-order valence-corrected chi connectivity index (χ0v) is 32.2. The summed E-state index contributed by atoms with van der Waals surface area (Å²) in [6, 6.07) is 24.9. The van der Waals surface area contributed by atoms with Gasteiger partial charge < -0.3 is 29.8 Å². The number of amides is 2. The topological polar surface area (TPSA) is 198 Å². The van der Waals surface area contributed by atoms with Crippen molar-refractivity contribution in [2.24, 2.45) is 0 Å². The Morgan fingerprint density at radius 1 is 0.789 bits per heavy atom. The minimum absolute atomic E-state index is 0.00438. The van der Waals surface area contributed by atoms with Gasteiger partial charge in [0.15, 0.2) is 5.69 Å². The van der Waals surface area contributed by atoms with Gasteiger partial charge in [0, 0.05) is 33.5 Å². The smallest absolute Gasteiger partial charge is 0.305 e. The van der Waals surface area contributed by atoms with E-state index in [1.165, 1.54) is 18.2 Å². The van der Waals surface area contributed by atoms with Crippen molar-refractivity contribution in [3.8, 4) is 22.8 Å². The molecule has 2 aromatic heterocycles. The molecule has 17 heteroatoms. The van der Waals surface area contributed by atoms with Gasteiger partial charge in [-0.15, -0.1) is 0 Å². The average molecular weight is 837 g/mol. The summed E-state index contributed by atoms with van der Waals surface area (Å²) in [5.74, 6) is -2.65. The third-order valence-electron chi connectivity index (χ3n) is 8.17. The number of rotatable bonds is 14. The Hall–Kier alpha value is -6.09. The van der Waals surface area contributed by atoms with Gasteiger partial charge in [0.2, 0.25) is 23.5 Å². The van der Waals surface area contributed by atoms with E-state index in [0.717, 1.165) is 5.56 Å². The monoisotopic (exact) mass is 835 g/mol. The van der Waals surface area contributed by atoms with Crippen LogP contribution in [0, 0.1) is 12.7 Å². The van der Waals surface area contributed by atoms with Gasteiger partial charge in [-0.3, -0.25) is 19.2 Å². The van der Waals surface area contributed by atoms with Crippen molar-refractivity contribution in [2.45, 2.75) is 44.7 Å². The number of nitrogens with one attached hydrogen (secondary N) is 2. The van der Waals surface area contributed by atoms with Crippen LogP contribution in [0.5, 0.6) is 0 Å². The molecule has 0 aliphatic carbocycles. The Labute approximate surface area is 339 Å². The van der Waals surface area contributed by atoms with Gasteiger partial charge >= 0.3 is 11.9 Å². The summed E-state index contributed by atoms with van der Waals surface area (Å²) in [5.41, 5.74) is 2.06. The van der Waals surface area contributed by atoms with E-state index in [1.807, 2.05) is 30.3 Å². The van der Waals surface area contributed by atoms with Crippen molar-refractivity contribution in [3.05, 3.63) is 146 Å². The van der Waals surface area contributed by atoms with Gasteiger partial charge in [0.1, 0.15) is 11.6 Å². The quantitative estimate of drug-likeness (QED) is 0.0819. The zero-order chi connectivity index (χ0) is 41.1. The number of nitrogens with zero attached hydrogens (tertiary/aromatic N) is 3. The lowest BCUT2D eigenvalue weighted by atomic mass is 10.0. The largest absolute Gasteiger partial charge is 0.481 e. The summed E-state index contributed by atoms with van der Waals surface area (Å²) in [6.45, 7) is 1.62. The van der Waals surface area contributed by atoms with Gasteiger partial charge in [-0.2, -0.15) is 4.98 Å². The molecule has 0 aliphatic rings. The number of hydrogen-bond acceptors (Lipinski definition) is 9. The second kappa shape index (κ2) is 19.7. The van der Waals surface area contributed by atoms with Crippen LogP contribution < -0.4 is 10.6 Å². The van der Waals surface area contributed by atoms with Crippen LogP contribution in [0.15, 0.2) is 106 Å². The van der Waals surface area contributed by atoms with Crippen LogP contribution in [0.1, 0.15) is 64.6 Å². The maximum absolute atomic E-state index is 13.8. The number of oxazole rings is 1. The van der Waals surface area contributed by atoms with Crippen molar-refractivity contribution < 1.29 is 42.7 Å². The molecule has 0 saturated heterocycles. The Bertz CT molecular complexity index is 2370. The molecule has 0 bridgehead atoms. The van der Waals surface area contributed by atoms with Gasteiger partial charge in [0.25, 0.3) is 5.91 Å². The van der Waals surface area contributed by atoms with Crippen molar-refractivity contribution in [2.75, 3.05) is 0 Å². The molecule has 0 aliphatic heterocycles. The highest BCUT2D eigenvalue weighted by atomic mass is 35.5. The van der Waals surface area contributed by atoms with Crippen LogP contribution in [-0.4, -0.2) is 49.1 Å². The lowest BCUT2D eigenvalue weighted by molar-refractivity contribution is -0.138. The molecule has 294 valence electrons. The first kappa shape index (κ1) is 42.1. The minimum atomic E-state index is -1.09. The summed E-state index contributed by atoms with van der Waals surface area (Å²) in [5, 5.41) is 28.6. The Kier molecular flexibility index (Phi) is 14.5. The molecule has 0 fully saturated rings. The zero-order valence-electron chi connectivity index (χ0n) is 29.9. The van der Waals surface area contributed by atoms with Gasteiger partial charge in [-0.25, -0.2) is 9.37 Å². The van der Waals surface area contributed by atoms with Gasteiger partial charge in [0.05, 0.1) is 30.5 Å². The predicted molar refractivity (Wildman–Crippen MR) is 208 cm³/mol. The summed E-state index contributed by atoms with van der Waals surface area (Å²) in [6.07, 6.45) is -0.516. The molecular weight excluding hydrogens is 804 g/mol. The van der Waals surface area contributed by atoms with E-state index in [0.29, 0.717) is 32.8 Å². The van der Waals surface area contributed by atoms with Gasteiger partial charge in [-0.05, 0) is 66.6 Å². The molecule has 0 radical (unpaired) electrons. The molecule has 4 aromatic carbocycles. The van der Waals surface area contributed by atoms with Crippen LogP contribution in [0.3, 0.4) is 0 Å². The molecule has 2 atom stereocenters. The maximum atomic E-state index is 13.8. The highest BCUT2D eigenvalue weighted by molar-refractivity contribution is 6.35. The van der Waals surface area contributed by atoms with Crippen molar-refractivity contribution in [3.63, 3.8) is 0 Å². The summed E-state index contributed by atoms with van der Waals surface area (Å²) in [7, 11) is 0.